The lowest BCUT2D eigenvalue weighted by atomic mass is 10.1. The number of ether oxygens (including phenoxy) is 1. The van der Waals surface area contributed by atoms with Gasteiger partial charge in [-0.2, -0.15) is 4.98 Å². The number of nitrogens with zero attached hydrogens (tertiary/aromatic N) is 3. The van der Waals surface area contributed by atoms with Gasteiger partial charge in [0.05, 0.1) is 6.61 Å². The molecule has 29 heavy (non-hydrogen) atoms. The van der Waals surface area contributed by atoms with Crippen LogP contribution in [0.1, 0.15) is 32.4 Å². The molecular weight excluding hydrogens is 380 g/mol. The summed E-state index contributed by atoms with van der Waals surface area (Å²) in [5, 5.41) is 8.92. The minimum absolute atomic E-state index is 0.00585. The van der Waals surface area contributed by atoms with E-state index < -0.39 is 17.6 Å². The maximum atomic E-state index is 14.8. The van der Waals surface area contributed by atoms with Gasteiger partial charge in [0.2, 0.25) is 5.88 Å². The third-order valence-electron chi connectivity index (χ3n) is 4.74. The molecule has 1 aliphatic rings. The van der Waals surface area contributed by atoms with E-state index in [1.165, 1.54) is 12.1 Å². The van der Waals surface area contributed by atoms with E-state index in [-0.39, 0.29) is 29.4 Å². The van der Waals surface area contributed by atoms with Crippen LogP contribution in [0.2, 0.25) is 0 Å². The zero-order valence-corrected chi connectivity index (χ0v) is 16.8. The van der Waals surface area contributed by atoms with Gasteiger partial charge in [-0.15, -0.1) is 0 Å². The highest BCUT2D eigenvalue weighted by Gasteiger charge is 2.28. The van der Waals surface area contributed by atoms with Crippen molar-refractivity contribution in [2.45, 2.75) is 33.6 Å². The summed E-state index contributed by atoms with van der Waals surface area (Å²) < 4.78 is 35.2. The second-order valence-corrected chi connectivity index (χ2v) is 7.86. The minimum atomic E-state index is -0.903. The molecule has 1 atom stereocenters. The molecule has 1 saturated heterocycles. The van der Waals surface area contributed by atoms with E-state index >= 15 is 0 Å². The summed E-state index contributed by atoms with van der Waals surface area (Å²) in [4.78, 5) is 21.0. The third-order valence-corrected chi connectivity index (χ3v) is 4.74. The highest BCUT2D eigenvalue weighted by atomic mass is 19.1. The summed E-state index contributed by atoms with van der Waals surface area (Å²) in [6.45, 7) is 6.99. The van der Waals surface area contributed by atoms with Gasteiger partial charge in [-0.1, -0.05) is 13.8 Å². The second kappa shape index (κ2) is 8.71. The van der Waals surface area contributed by atoms with Crippen LogP contribution in [-0.4, -0.2) is 40.7 Å². The number of aliphatic carboxylic acids is 1. The Morgan fingerprint density at radius 2 is 1.97 bits per heavy atom. The van der Waals surface area contributed by atoms with Gasteiger partial charge in [-0.3, -0.25) is 4.79 Å². The first-order valence-electron chi connectivity index (χ1n) is 9.67. The number of anilines is 1. The topological polar surface area (TPSA) is 75.5 Å². The van der Waals surface area contributed by atoms with Crippen LogP contribution in [0.4, 0.5) is 14.5 Å². The molecule has 1 aromatic heterocycles. The molecule has 0 amide bonds. The SMILES string of the molecule is Cc1cc(OCC(C)C)nc(-c2cc(F)c(N3CCC(CC(=O)O)C3)c(F)c2)n1. The monoisotopic (exact) mass is 405 g/mol. The molecule has 1 fully saturated rings. The quantitative estimate of drug-likeness (QED) is 0.749. The van der Waals surface area contributed by atoms with Crippen molar-refractivity contribution in [2.75, 3.05) is 24.6 Å². The van der Waals surface area contributed by atoms with Crippen molar-refractivity contribution in [2.24, 2.45) is 11.8 Å². The number of carbonyl (C=O) groups is 1. The number of halogens is 2. The van der Waals surface area contributed by atoms with Crippen molar-refractivity contribution in [3.63, 3.8) is 0 Å². The maximum Gasteiger partial charge on any atom is 0.303 e. The average Bonchev–Trinajstić information content (AvgIpc) is 3.06. The first-order chi connectivity index (χ1) is 13.7. The molecule has 8 heteroatoms. The average molecular weight is 405 g/mol. The molecule has 3 rings (SSSR count). The Morgan fingerprint density at radius 3 is 2.59 bits per heavy atom. The number of aryl methyl sites for hydroxylation is 1. The zero-order valence-electron chi connectivity index (χ0n) is 16.8. The van der Waals surface area contributed by atoms with Gasteiger partial charge in [0.25, 0.3) is 0 Å². The number of carboxylic acid groups (broad SMARTS) is 1. The molecule has 0 saturated carbocycles. The zero-order chi connectivity index (χ0) is 21.1. The van der Waals surface area contributed by atoms with E-state index in [0.717, 1.165) is 0 Å². The van der Waals surface area contributed by atoms with E-state index in [0.29, 0.717) is 43.6 Å². The Balaban J connectivity index is 1.85. The summed E-state index contributed by atoms with van der Waals surface area (Å²) in [7, 11) is 0. The molecule has 1 N–H and O–H groups in total. The summed E-state index contributed by atoms with van der Waals surface area (Å²) in [5.41, 5.74) is 0.725. The highest BCUT2D eigenvalue weighted by molar-refractivity contribution is 5.67. The summed E-state index contributed by atoms with van der Waals surface area (Å²) in [5.74, 6) is -1.59. The lowest BCUT2D eigenvalue weighted by Gasteiger charge is -2.20. The van der Waals surface area contributed by atoms with Crippen LogP contribution in [0.25, 0.3) is 11.4 Å². The van der Waals surface area contributed by atoms with Crippen LogP contribution >= 0.6 is 0 Å². The van der Waals surface area contributed by atoms with E-state index in [4.69, 9.17) is 9.84 Å². The number of rotatable bonds is 7. The number of carboxylic acids is 1. The summed E-state index contributed by atoms with van der Waals surface area (Å²) in [6.07, 6.45) is 0.582. The summed E-state index contributed by atoms with van der Waals surface area (Å²) in [6, 6.07) is 4.10. The molecule has 2 heterocycles. The Bertz CT molecular complexity index is 882. The van der Waals surface area contributed by atoms with Crippen LogP contribution < -0.4 is 9.64 Å². The molecule has 1 aromatic carbocycles. The Labute approximate surface area is 168 Å². The first-order valence-corrected chi connectivity index (χ1v) is 9.67. The predicted octanol–water partition coefficient (Wildman–Crippen LogP) is 4.07. The predicted molar refractivity (Wildman–Crippen MR) is 105 cm³/mol. The molecular formula is C21H25F2N3O3. The van der Waals surface area contributed by atoms with E-state index in [2.05, 4.69) is 9.97 Å². The Morgan fingerprint density at radius 1 is 1.28 bits per heavy atom. The number of aromatic nitrogens is 2. The normalized spacial score (nSPS) is 16.5. The van der Waals surface area contributed by atoms with Crippen LogP contribution in [-0.2, 0) is 4.79 Å². The van der Waals surface area contributed by atoms with Crippen LogP contribution in [0.5, 0.6) is 5.88 Å². The molecule has 1 aliphatic heterocycles. The standard InChI is InChI=1S/C21H25F2N3O3/c1-12(2)11-29-18-6-13(3)24-21(25-18)15-8-16(22)20(17(23)9-15)26-5-4-14(10-26)7-19(27)28/h6,8-9,12,14H,4-5,7,10-11H2,1-3H3,(H,27,28). The Hall–Kier alpha value is -2.77. The van der Waals surface area contributed by atoms with Gasteiger partial charge >= 0.3 is 5.97 Å². The van der Waals surface area contributed by atoms with Crippen molar-refractivity contribution in [3.8, 4) is 17.3 Å². The molecule has 0 radical (unpaired) electrons. The fraction of sp³-hybridized carbons (Fsp3) is 0.476. The van der Waals surface area contributed by atoms with Crippen molar-refractivity contribution >= 4 is 11.7 Å². The fourth-order valence-electron chi connectivity index (χ4n) is 3.44. The van der Waals surface area contributed by atoms with Crippen molar-refractivity contribution in [3.05, 3.63) is 35.5 Å². The minimum Gasteiger partial charge on any atom is -0.481 e. The third kappa shape index (κ3) is 5.19. The van der Waals surface area contributed by atoms with Crippen LogP contribution in [0.15, 0.2) is 18.2 Å². The fourth-order valence-corrected chi connectivity index (χ4v) is 3.44. The number of hydrogen-bond donors (Lipinski definition) is 1. The number of benzene rings is 1. The van der Waals surface area contributed by atoms with Gasteiger partial charge < -0.3 is 14.7 Å². The maximum absolute atomic E-state index is 14.8. The van der Waals surface area contributed by atoms with Gasteiger partial charge in [0.15, 0.2) is 5.82 Å². The largest absolute Gasteiger partial charge is 0.481 e. The van der Waals surface area contributed by atoms with Crippen LogP contribution in [0, 0.1) is 30.4 Å². The van der Waals surface area contributed by atoms with Crippen molar-refractivity contribution < 1.29 is 23.4 Å². The van der Waals surface area contributed by atoms with Gasteiger partial charge in [0.1, 0.15) is 17.3 Å². The molecule has 156 valence electrons. The van der Waals surface area contributed by atoms with Gasteiger partial charge in [-0.05, 0) is 37.3 Å². The van der Waals surface area contributed by atoms with Crippen molar-refractivity contribution in [1.82, 2.24) is 9.97 Å². The smallest absolute Gasteiger partial charge is 0.303 e. The van der Waals surface area contributed by atoms with Crippen LogP contribution in [0.3, 0.4) is 0 Å². The summed E-state index contributed by atoms with van der Waals surface area (Å²) >= 11 is 0. The second-order valence-electron chi connectivity index (χ2n) is 7.86. The molecule has 1 unspecified atom stereocenters. The molecule has 2 aromatic rings. The van der Waals surface area contributed by atoms with Crippen molar-refractivity contribution in [1.29, 1.82) is 0 Å². The molecule has 0 bridgehead atoms. The molecule has 0 aliphatic carbocycles. The van der Waals surface area contributed by atoms with E-state index in [1.54, 1.807) is 17.9 Å². The van der Waals surface area contributed by atoms with Gasteiger partial charge in [-0.25, -0.2) is 13.8 Å². The molecule has 6 nitrogen and oxygen atoms in total. The lowest BCUT2D eigenvalue weighted by Crippen LogP contribution is -2.23. The number of hydrogen-bond acceptors (Lipinski definition) is 5. The first kappa shape index (κ1) is 21.0. The van der Waals surface area contributed by atoms with Gasteiger partial charge in [0, 0.05) is 36.8 Å². The van der Waals surface area contributed by atoms with E-state index in [1.807, 2.05) is 13.8 Å². The van der Waals surface area contributed by atoms with E-state index in [9.17, 15) is 13.6 Å². The lowest BCUT2D eigenvalue weighted by molar-refractivity contribution is -0.137. The molecule has 0 spiro atoms. The Kier molecular flexibility index (Phi) is 6.30. The highest BCUT2D eigenvalue weighted by Crippen LogP contribution is 2.33.